The molecule has 1 heterocycles. The highest BCUT2D eigenvalue weighted by Crippen LogP contribution is 2.24. The van der Waals surface area contributed by atoms with Crippen LogP contribution in [0.25, 0.3) is 0 Å². The Morgan fingerprint density at radius 1 is 1.18 bits per heavy atom. The van der Waals surface area contributed by atoms with Gasteiger partial charge in [-0.25, -0.2) is 8.42 Å². The van der Waals surface area contributed by atoms with Crippen molar-refractivity contribution in [2.75, 3.05) is 39.8 Å². The summed E-state index contributed by atoms with van der Waals surface area (Å²) < 4.78 is 32.3. The largest absolute Gasteiger partial charge is 0.497 e. The van der Waals surface area contributed by atoms with Crippen LogP contribution in [-0.2, 0) is 10.0 Å². The molecule has 1 saturated heterocycles. The van der Waals surface area contributed by atoms with Crippen molar-refractivity contribution in [1.29, 1.82) is 0 Å². The molecule has 1 aliphatic rings. The number of aryl methyl sites for hydroxylation is 1. The topological polar surface area (TPSA) is 49.9 Å². The molecule has 0 saturated carbocycles. The molecule has 1 aliphatic heterocycles. The summed E-state index contributed by atoms with van der Waals surface area (Å²) in [6.45, 7) is 7.81. The van der Waals surface area contributed by atoms with Gasteiger partial charge in [0.05, 0.1) is 12.0 Å². The Morgan fingerprint density at radius 3 is 2.41 bits per heavy atom. The quantitative estimate of drug-likeness (QED) is 0.803. The van der Waals surface area contributed by atoms with E-state index in [1.54, 1.807) is 29.6 Å². The summed E-state index contributed by atoms with van der Waals surface area (Å²) in [5.74, 6) is 0.681. The summed E-state index contributed by atoms with van der Waals surface area (Å²) >= 11 is 0. The van der Waals surface area contributed by atoms with Gasteiger partial charge in [-0.2, -0.15) is 4.31 Å². The standard InChI is InChI=1S/C16H26N2O3S/c1-4-5-8-17-9-11-18(12-10-17)22(19,20)16-7-6-15(21-3)13-14(16)2/h6-7,13H,4-5,8-12H2,1-3H3. The first-order valence-corrected chi connectivity index (χ1v) is 9.30. The average molecular weight is 326 g/mol. The van der Waals surface area contributed by atoms with E-state index >= 15 is 0 Å². The number of methoxy groups -OCH3 is 1. The lowest BCUT2D eigenvalue weighted by Gasteiger charge is -2.34. The third kappa shape index (κ3) is 3.80. The maximum absolute atomic E-state index is 12.8. The first kappa shape index (κ1) is 17.2. The van der Waals surface area contributed by atoms with Crippen molar-refractivity contribution in [3.05, 3.63) is 23.8 Å². The van der Waals surface area contributed by atoms with E-state index in [9.17, 15) is 8.42 Å². The van der Waals surface area contributed by atoms with E-state index in [0.29, 0.717) is 23.7 Å². The molecule has 22 heavy (non-hydrogen) atoms. The normalized spacial score (nSPS) is 17.6. The molecule has 0 radical (unpaired) electrons. The molecule has 0 amide bonds. The van der Waals surface area contributed by atoms with Crippen molar-refractivity contribution in [3.63, 3.8) is 0 Å². The molecule has 5 nitrogen and oxygen atoms in total. The Hall–Kier alpha value is -1.11. The summed E-state index contributed by atoms with van der Waals surface area (Å²) in [6, 6.07) is 5.12. The van der Waals surface area contributed by atoms with Crippen molar-refractivity contribution in [2.45, 2.75) is 31.6 Å². The van der Waals surface area contributed by atoms with E-state index in [1.165, 1.54) is 12.8 Å². The van der Waals surface area contributed by atoms with Gasteiger partial charge in [0.2, 0.25) is 10.0 Å². The summed E-state index contributed by atoms with van der Waals surface area (Å²) in [6.07, 6.45) is 2.34. The van der Waals surface area contributed by atoms with Gasteiger partial charge in [0.25, 0.3) is 0 Å². The number of unbranched alkanes of at least 4 members (excludes halogenated alkanes) is 1. The highest BCUT2D eigenvalue weighted by atomic mass is 32.2. The molecule has 1 aromatic rings. The molecule has 0 aromatic heterocycles. The van der Waals surface area contributed by atoms with Crippen LogP contribution in [0.2, 0.25) is 0 Å². The van der Waals surface area contributed by atoms with E-state index in [1.807, 2.05) is 6.92 Å². The average Bonchev–Trinajstić information content (AvgIpc) is 2.52. The molecule has 0 aliphatic carbocycles. The Kier molecular flexibility index (Phi) is 5.83. The first-order chi connectivity index (χ1) is 10.5. The van der Waals surface area contributed by atoms with Crippen LogP contribution < -0.4 is 4.74 Å². The smallest absolute Gasteiger partial charge is 0.243 e. The third-order valence-corrected chi connectivity index (χ3v) is 6.22. The van der Waals surface area contributed by atoms with Crippen molar-refractivity contribution in [3.8, 4) is 5.75 Å². The molecule has 0 atom stereocenters. The second-order valence-corrected chi connectivity index (χ2v) is 7.64. The maximum atomic E-state index is 12.8. The Labute approximate surface area is 133 Å². The number of hydrogen-bond donors (Lipinski definition) is 0. The zero-order valence-electron chi connectivity index (χ0n) is 13.7. The number of sulfonamides is 1. The van der Waals surface area contributed by atoms with Crippen LogP contribution in [-0.4, -0.2) is 57.5 Å². The molecule has 6 heteroatoms. The predicted molar refractivity (Wildman–Crippen MR) is 87.8 cm³/mol. The summed E-state index contributed by atoms with van der Waals surface area (Å²) in [5, 5.41) is 0. The second-order valence-electron chi connectivity index (χ2n) is 5.73. The van der Waals surface area contributed by atoms with Gasteiger partial charge in [0.15, 0.2) is 0 Å². The van der Waals surface area contributed by atoms with E-state index in [2.05, 4.69) is 11.8 Å². The fourth-order valence-corrected chi connectivity index (χ4v) is 4.38. The third-order valence-electron chi connectivity index (χ3n) is 4.16. The summed E-state index contributed by atoms with van der Waals surface area (Å²) in [5.41, 5.74) is 0.729. The molecular weight excluding hydrogens is 300 g/mol. The van der Waals surface area contributed by atoms with E-state index < -0.39 is 10.0 Å². The molecule has 0 N–H and O–H groups in total. The number of nitrogens with zero attached hydrogens (tertiary/aromatic N) is 2. The minimum absolute atomic E-state index is 0.385. The first-order valence-electron chi connectivity index (χ1n) is 7.86. The Morgan fingerprint density at radius 2 is 1.86 bits per heavy atom. The lowest BCUT2D eigenvalue weighted by Crippen LogP contribution is -2.48. The van der Waals surface area contributed by atoms with Crippen molar-refractivity contribution < 1.29 is 13.2 Å². The zero-order valence-corrected chi connectivity index (χ0v) is 14.5. The van der Waals surface area contributed by atoms with Gasteiger partial charge in [-0.1, -0.05) is 13.3 Å². The minimum Gasteiger partial charge on any atom is -0.497 e. The highest BCUT2D eigenvalue weighted by Gasteiger charge is 2.29. The zero-order chi connectivity index (χ0) is 16.2. The fourth-order valence-electron chi connectivity index (χ4n) is 2.75. The molecule has 1 fully saturated rings. The number of benzene rings is 1. The molecule has 0 bridgehead atoms. The van der Waals surface area contributed by atoms with Crippen LogP contribution in [0.4, 0.5) is 0 Å². The maximum Gasteiger partial charge on any atom is 0.243 e. The van der Waals surface area contributed by atoms with Crippen LogP contribution in [0, 0.1) is 6.92 Å². The highest BCUT2D eigenvalue weighted by molar-refractivity contribution is 7.89. The van der Waals surface area contributed by atoms with Crippen molar-refractivity contribution in [1.82, 2.24) is 9.21 Å². The molecule has 1 aromatic carbocycles. The van der Waals surface area contributed by atoms with Crippen molar-refractivity contribution >= 4 is 10.0 Å². The van der Waals surface area contributed by atoms with Crippen LogP contribution >= 0.6 is 0 Å². The lowest BCUT2D eigenvalue weighted by atomic mass is 10.2. The molecule has 2 rings (SSSR count). The Balaban J connectivity index is 2.08. The van der Waals surface area contributed by atoms with Crippen molar-refractivity contribution in [2.24, 2.45) is 0 Å². The van der Waals surface area contributed by atoms with Crippen LogP contribution in [0.5, 0.6) is 5.75 Å². The van der Waals surface area contributed by atoms with Gasteiger partial charge >= 0.3 is 0 Å². The van der Waals surface area contributed by atoms with E-state index in [-0.39, 0.29) is 0 Å². The van der Waals surface area contributed by atoms with Gasteiger partial charge in [0, 0.05) is 26.2 Å². The monoisotopic (exact) mass is 326 g/mol. The lowest BCUT2D eigenvalue weighted by molar-refractivity contribution is 0.186. The summed E-state index contributed by atoms with van der Waals surface area (Å²) in [4.78, 5) is 2.73. The number of ether oxygens (including phenoxy) is 1. The van der Waals surface area contributed by atoms with Gasteiger partial charge in [-0.15, -0.1) is 0 Å². The van der Waals surface area contributed by atoms with Gasteiger partial charge in [-0.05, 0) is 43.7 Å². The molecule has 0 unspecified atom stereocenters. The molecular formula is C16H26N2O3S. The predicted octanol–water partition coefficient (Wildman–Crippen LogP) is 2.11. The van der Waals surface area contributed by atoms with Gasteiger partial charge < -0.3 is 9.64 Å². The van der Waals surface area contributed by atoms with Crippen LogP contribution in [0.1, 0.15) is 25.3 Å². The summed E-state index contributed by atoms with van der Waals surface area (Å²) in [7, 11) is -1.83. The number of hydrogen-bond acceptors (Lipinski definition) is 4. The number of piperazine rings is 1. The van der Waals surface area contributed by atoms with Crippen LogP contribution in [0.15, 0.2) is 23.1 Å². The SMILES string of the molecule is CCCCN1CCN(S(=O)(=O)c2ccc(OC)cc2C)CC1. The molecule has 124 valence electrons. The molecule has 0 spiro atoms. The Bertz CT molecular complexity index is 593. The fraction of sp³-hybridized carbons (Fsp3) is 0.625. The van der Waals surface area contributed by atoms with E-state index in [4.69, 9.17) is 4.74 Å². The number of rotatable bonds is 6. The van der Waals surface area contributed by atoms with E-state index in [0.717, 1.165) is 25.2 Å². The second kappa shape index (κ2) is 7.44. The minimum atomic E-state index is -3.41. The van der Waals surface area contributed by atoms with Crippen LogP contribution in [0.3, 0.4) is 0 Å². The van der Waals surface area contributed by atoms with Gasteiger partial charge in [-0.3, -0.25) is 0 Å². The van der Waals surface area contributed by atoms with Gasteiger partial charge in [0.1, 0.15) is 5.75 Å².